The zero-order valence-corrected chi connectivity index (χ0v) is 16.2. The van der Waals surface area contributed by atoms with Crippen molar-refractivity contribution >= 4 is 11.8 Å². The third kappa shape index (κ3) is 4.27. The monoisotopic (exact) mass is 346 g/mol. The van der Waals surface area contributed by atoms with Crippen LogP contribution in [-0.4, -0.2) is 47.8 Å². The van der Waals surface area contributed by atoms with Crippen LogP contribution in [-0.2, 0) is 9.59 Å². The third-order valence-electron chi connectivity index (χ3n) is 6.32. The lowest BCUT2D eigenvalue weighted by atomic mass is 9.84. The summed E-state index contributed by atoms with van der Waals surface area (Å²) >= 11 is 0. The standard InChI is InChI=1S/C21H34N2O2/c1-15(2)12-20(24)22-11-9-18(13-22)17-7-5-10-23(14-17)21(25)19-8-4-6-16(19)3/h15,17-18H,4-14H2,1-3H3. The summed E-state index contributed by atoms with van der Waals surface area (Å²) < 4.78 is 0. The predicted octanol–water partition coefficient (Wildman–Crippen LogP) is 3.62. The minimum atomic E-state index is 0.297. The van der Waals surface area contributed by atoms with Crippen LogP contribution in [0.2, 0.25) is 0 Å². The minimum absolute atomic E-state index is 0.297. The Labute approximate surface area is 152 Å². The lowest BCUT2D eigenvalue weighted by Gasteiger charge is -2.36. The van der Waals surface area contributed by atoms with Gasteiger partial charge in [0.2, 0.25) is 11.8 Å². The first-order valence-electron chi connectivity index (χ1n) is 10.2. The average molecular weight is 347 g/mol. The summed E-state index contributed by atoms with van der Waals surface area (Å²) in [6, 6.07) is 0. The molecule has 4 nitrogen and oxygen atoms in total. The minimum Gasteiger partial charge on any atom is -0.342 e. The Morgan fingerprint density at radius 1 is 1.00 bits per heavy atom. The molecular formula is C21H34N2O2. The second-order valence-electron chi connectivity index (χ2n) is 8.75. The lowest BCUT2D eigenvalue weighted by molar-refractivity contribution is -0.132. The average Bonchev–Trinajstić information content (AvgIpc) is 3.23. The summed E-state index contributed by atoms with van der Waals surface area (Å²) in [5, 5.41) is 0. The first kappa shape index (κ1) is 18.5. The van der Waals surface area contributed by atoms with Crippen LogP contribution in [0, 0.1) is 17.8 Å². The van der Waals surface area contributed by atoms with Crippen molar-refractivity contribution in [3.63, 3.8) is 0 Å². The van der Waals surface area contributed by atoms with Crippen molar-refractivity contribution in [1.29, 1.82) is 0 Å². The number of hydrogen-bond acceptors (Lipinski definition) is 2. The summed E-state index contributed by atoms with van der Waals surface area (Å²) in [5.41, 5.74) is 2.39. The molecule has 2 saturated heterocycles. The number of amides is 2. The fourth-order valence-electron chi connectivity index (χ4n) is 4.83. The van der Waals surface area contributed by atoms with Gasteiger partial charge in [-0.25, -0.2) is 0 Å². The number of piperidine rings is 1. The van der Waals surface area contributed by atoms with E-state index >= 15 is 0 Å². The number of likely N-dealkylation sites (tertiary alicyclic amines) is 2. The van der Waals surface area contributed by atoms with Crippen molar-refractivity contribution in [2.75, 3.05) is 26.2 Å². The molecule has 25 heavy (non-hydrogen) atoms. The first-order chi connectivity index (χ1) is 12.0. The SMILES string of the molecule is CC1=C(C(=O)N2CCCC(C3CCN(C(=O)CC(C)C)C3)C2)CCC1. The van der Waals surface area contributed by atoms with Crippen LogP contribution in [0.5, 0.6) is 0 Å². The molecule has 2 heterocycles. The maximum absolute atomic E-state index is 12.9. The number of carbonyl (C=O) groups excluding carboxylic acids is 2. The van der Waals surface area contributed by atoms with Gasteiger partial charge in [-0.05, 0) is 63.2 Å². The molecule has 140 valence electrons. The van der Waals surface area contributed by atoms with Crippen molar-refractivity contribution in [3.8, 4) is 0 Å². The first-order valence-corrected chi connectivity index (χ1v) is 10.2. The van der Waals surface area contributed by atoms with Crippen molar-refractivity contribution in [3.05, 3.63) is 11.1 Å². The fourth-order valence-corrected chi connectivity index (χ4v) is 4.83. The van der Waals surface area contributed by atoms with Crippen molar-refractivity contribution in [2.45, 2.75) is 65.7 Å². The van der Waals surface area contributed by atoms with E-state index < -0.39 is 0 Å². The second kappa shape index (κ2) is 7.92. The topological polar surface area (TPSA) is 40.6 Å². The molecule has 2 fully saturated rings. The van der Waals surface area contributed by atoms with Gasteiger partial charge >= 0.3 is 0 Å². The molecule has 0 radical (unpaired) electrons. The number of hydrogen-bond donors (Lipinski definition) is 0. The molecule has 2 unspecified atom stereocenters. The molecule has 3 rings (SSSR count). The van der Waals surface area contributed by atoms with Gasteiger partial charge < -0.3 is 9.80 Å². The van der Waals surface area contributed by atoms with Crippen LogP contribution >= 0.6 is 0 Å². The summed E-state index contributed by atoms with van der Waals surface area (Å²) in [6.45, 7) is 9.95. The van der Waals surface area contributed by atoms with Gasteiger partial charge in [0, 0.05) is 38.2 Å². The lowest BCUT2D eigenvalue weighted by Crippen LogP contribution is -2.43. The van der Waals surface area contributed by atoms with Gasteiger partial charge in [-0.15, -0.1) is 0 Å². The predicted molar refractivity (Wildman–Crippen MR) is 100.0 cm³/mol. The Morgan fingerprint density at radius 2 is 1.72 bits per heavy atom. The molecule has 1 aliphatic carbocycles. The number of carbonyl (C=O) groups is 2. The van der Waals surface area contributed by atoms with E-state index in [4.69, 9.17) is 0 Å². The zero-order chi connectivity index (χ0) is 18.0. The molecule has 2 amide bonds. The van der Waals surface area contributed by atoms with E-state index in [-0.39, 0.29) is 0 Å². The van der Waals surface area contributed by atoms with E-state index in [0.717, 1.165) is 63.9 Å². The highest BCUT2D eigenvalue weighted by atomic mass is 16.2. The quantitative estimate of drug-likeness (QED) is 0.780. The number of rotatable bonds is 4. The van der Waals surface area contributed by atoms with E-state index in [1.54, 1.807) is 0 Å². The van der Waals surface area contributed by atoms with Gasteiger partial charge in [0.1, 0.15) is 0 Å². The van der Waals surface area contributed by atoms with Crippen LogP contribution in [0.1, 0.15) is 65.7 Å². The smallest absolute Gasteiger partial charge is 0.249 e. The van der Waals surface area contributed by atoms with Gasteiger partial charge in [-0.2, -0.15) is 0 Å². The molecule has 0 aromatic carbocycles. The molecule has 0 spiro atoms. The highest BCUT2D eigenvalue weighted by Crippen LogP contribution is 2.33. The molecular weight excluding hydrogens is 312 g/mol. The Hall–Kier alpha value is -1.32. The normalized spacial score (nSPS) is 27.5. The van der Waals surface area contributed by atoms with Crippen LogP contribution in [0.15, 0.2) is 11.1 Å². The summed E-state index contributed by atoms with van der Waals surface area (Å²) in [6.07, 6.45) is 7.28. The van der Waals surface area contributed by atoms with Gasteiger partial charge in [0.25, 0.3) is 0 Å². The molecule has 0 aromatic rings. The summed E-state index contributed by atoms with van der Waals surface area (Å²) in [4.78, 5) is 29.4. The van der Waals surface area contributed by atoms with Crippen LogP contribution in [0.3, 0.4) is 0 Å². The molecule has 0 aromatic heterocycles. The molecule has 0 saturated carbocycles. The Morgan fingerprint density at radius 3 is 2.40 bits per heavy atom. The Balaban J connectivity index is 1.56. The van der Waals surface area contributed by atoms with Gasteiger partial charge in [0.05, 0.1) is 0 Å². The molecule has 3 aliphatic rings. The van der Waals surface area contributed by atoms with Gasteiger partial charge in [0.15, 0.2) is 0 Å². The number of allylic oxidation sites excluding steroid dienone is 1. The highest BCUT2D eigenvalue weighted by molar-refractivity contribution is 5.94. The van der Waals surface area contributed by atoms with E-state index in [1.807, 2.05) is 0 Å². The van der Waals surface area contributed by atoms with E-state index in [0.29, 0.717) is 36.0 Å². The number of nitrogens with zero attached hydrogens (tertiary/aromatic N) is 2. The van der Waals surface area contributed by atoms with E-state index in [9.17, 15) is 9.59 Å². The van der Waals surface area contributed by atoms with E-state index in [1.165, 1.54) is 12.0 Å². The van der Waals surface area contributed by atoms with Crippen molar-refractivity contribution < 1.29 is 9.59 Å². The maximum Gasteiger partial charge on any atom is 0.249 e. The molecule has 0 N–H and O–H groups in total. The Bertz CT molecular complexity index is 552. The summed E-state index contributed by atoms with van der Waals surface area (Å²) in [5.74, 6) is 2.18. The van der Waals surface area contributed by atoms with Gasteiger partial charge in [-0.3, -0.25) is 9.59 Å². The second-order valence-corrected chi connectivity index (χ2v) is 8.75. The van der Waals surface area contributed by atoms with Crippen molar-refractivity contribution in [1.82, 2.24) is 9.80 Å². The Kier molecular flexibility index (Phi) is 5.85. The van der Waals surface area contributed by atoms with Crippen LogP contribution in [0.4, 0.5) is 0 Å². The maximum atomic E-state index is 12.9. The van der Waals surface area contributed by atoms with Crippen LogP contribution < -0.4 is 0 Å². The van der Waals surface area contributed by atoms with E-state index in [2.05, 4.69) is 30.6 Å². The molecule has 2 atom stereocenters. The molecule has 4 heteroatoms. The fraction of sp³-hybridized carbons (Fsp3) is 0.810. The highest BCUT2D eigenvalue weighted by Gasteiger charge is 2.36. The van der Waals surface area contributed by atoms with Gasteiger partial charge in [-0.1, -0.05) is 19.4 Å². The largest absolute Gasteiger partial charge is 0.342 e. The third-order valence-corrected chi connectivity index (χ3v) is 6.32. The molecule has 2 aliphatic heterocycles. The van der Waals surface area contributed by atoms with Crippen LogP contribution in [0.25, 0.3) is 0 Å². The zero-order valence-electron chi connectivity index (χ0n) is 16.2. The molecule has 0 bridgehead atoms. The van der Waals surface area contributed by atoms with Crippen molar-refractivity contribution in [2.24, 2.45) is 17.8 Å². The summed E-state index contributed by atoms with van der Waals surface area (Å²) in [7, 11) is 0.